The van der Waals surface area contributed by atoms with Crippen molar-refractivity contribution in [1.82, 2.24) is 10.4 Å². The summed E-state index contributed by atoms with van der Waals surface area (Å²) in [5, 5.41) is 4.57. The van der Waals surface area contributed by atoms with Gasteiger partial charge in [0.1, 0.15) is 0 Å². The highest BCUT2D eigenvalue weighted by Gasteiger charge is 2.09. The fourth-order valence-corrected chi connectivity index (χ4v) is 1.81. The van der Waals surface area contributed by atoms with Crippen molar-refractivity contribution < 1.29 is 4.79 Å². The van der Waals surface area contributed by atoms with Crippen LogP contribution in [0.1, 0.15) is 16.1 Å². The number of hydrogen-bond donors (Lipinski definition) is 2. The van der Waals surface area contributed by atoms with Gasteiger partial charge in [-0.05, 0) is 30.3 Å². The van der Waals surface area contributed by atoms with Gasteiger partial charge in [-0.2, -0.15) is 5.10 Å². The maximum Gasteiger partial charge on any atom is 0.272 e. The number of H-pyrrole nitrogens is 1. The summed E-state index contributed by atoms with van der Waals surface area (Å²) in [5.74, 6) is -0.389. The predicted octanol–water partition coefficient (Wildman–Crippen LogP) is 3.09. The van der Waals surface area contributed by atoms with Crippen LogP contribution in [0.15, 0.2) is 41.6 Å². The summed E-state index contributed by atoms with van der Waals surface area (Å²) in [6.07, 6.45) is 3.26. The second kappa shape index (κ2) is 5.71. The maximum atomic E-state index is 11.7. The van der Waals surface area contributed by atoms with E-state index in [0.29, 0.717) is 10.6 Å². The molecule has 6 heteroatoms. The van der Waals surface area contributed by atoms with Crippen molar-refractivity contribution in [3.8, 4) is 0 Å². The molecular weight excluding hydrogens is 273 g/mol. The lowest BCUT2D eigenvalue weighted by molar-refractivity contribution is 0.0955. The Hall–Kier alpha value is -1.78. The second-order valence-corrected chi connectivity index (χ2v) is 4.29. The zero-order valence-corrected chi connectivity index (χ0v) is 10.7. The summed E-state index contributed by atoms with van der Waals surface area (Å²) < 4.78 is 0. The number of hydrogen-bond acceptors (Lipinski definition) is 2. The Morgan fingerprint density at radius 3 is 2.83 bits per heavy atom. The van der Waals surface area contributed by atoms with E-state index in [1.165, 1.54) is 12.3 Å². The van der Waals surface area contributed by atoms with Crippen LogP contribution in [0, 0.1) is 0 Å². The summed E-state index contributed by atoms with van der Waals surface area (Å²) in [6.45, 7) is 0. The Balaban J connectivity index is 2.04. The molecule has 0 atom stereocenters. The number of carbonyl (C=O) groups is 1. The molecule has 0 saturated carbocycles. The number of benzene rings is 1. The smallest absolute Gasteiger partial charge is 0.272 e. The van der Waals surface area contributed by atoms with Gasteiger partial charge in [-0.25, -0.2) is 5.43 Å². The molecule has 2 N–H and O–H groups in total. The van der Waals surface area contributed by atoms with Gasteiger partial charge < -0.3 is 4.98 Å². The lowest BCUT2D eigenvalue weighted by Crippen LogP contribution is -2.18. The van der Waals surface area contributed by atoms with E-state index in [0.717, 1.165) is 5.69 Å². The van der Waals surface area contributed by atoms with E-state index >= 15 is 0 Å². The van der Waals surface area contributed by atoms with Crippen molar-refractivity contribution in [3.05, 3.63) is 57.8 Å². The van der Waals surface area contributed by atoms with Crippen molar-refractivity contribution in [3.63, 3.8) is 0 Å². The minimum Gasteiger partial charge on any atom is -0.360 e. The predicted molar refractivity (Wildman–Crippen MR) is 72.3 cm³/mol. The monoisotopic (exact) mass is 281 g/mol. The van der Waals surface area contributed by atoms with Crippen LogP contribution in [0.25, 0.3) is 0 Å². The topological polar surface area (TPSA) is 57.2 Å². The van der Waals surface area contributed by atoms with Gasteiger partial charge in [0, 0.05) is 11.2 Å². The van der Waals surface area contributed by atoms with Crippen molar-refractivity contribution in [2.24, 2.45) is 5.10 Å². The molecule has 1 amide bonds. The average molecular weight is 282 g/mol. The first-order chi connectivity index (χ1) is 8.66. The molecule has 0 aliphatic rings. The van der Waals surface area contributed by atoms with E-state index in [-0.39, 0.29) is 10.9 Å². The molecule has 0 bridgehead atoms. The van der Waals surface area contributed by atoms with Gasteiger partial charge >= 0.3 is 0 Å². The summed E-state index contributed by atoms with van der Waals surface area (Å²) in [7, 11) is 0. The van der Waals surface area contributed by atoms with Crippen LogP contribution in [0.4, 0.5) is 0 Å². The standard InChI is InChI=1S/C12H9Cl2N3O/c13-8-3-4-10(11(14)6-8)12(18)17-16-7-9-2-1-5-15-9/h1-7,15H,(H,17,18)/b16-7-. The molecule has 0 fully saturated rings. The number of rotatable bonds is 3. The first-order valence-corrected chi connectivity index (χ1v) is 5.84. The lowest BCUT2D eigenvalue weighted by Gasteiger charge is -2.02. The van der Waals surface area contributed by atoms with Gasteiger partial charge in [-0.3, -0.25) is 4.79 Å². The SMILES string of the molecule is O=C(N/N=C\c1ccc[nH]1)c1ccc(Cl)cc1Cl. The van der Waals surface area contributed by atoms with Gasteiger partial charge in [0.15, 0.2) is 0 Å². The molecule has 1 aromatic carbocycles. The lowest BCUT2D eigenvalue weighted by atomic mass is 10.2. The van der Waals surface area contributed by atoms with E-state index in [2.05, 4.69) is 15.5 Å². The van der Waals surface area contributed by atoms with Gasteiger partial charge in [0.2, 0.25) is 0 Å². The normalized spacial score (nSPS) is 10.8. The van der Waals surface area contributed by atoms with Crippen LogP contribution in [-0.4, -0.2) is 17.1 Å². The second-order valence-electron chi connectivity index (χ2n) is 3.45. The fraction of sp³-hybridized carbons (Fsp3) is 0. The molecule has 4 nitrogen and oxygen atoms in total. The molecule has 92 valence electrons. The van der Waals surface area contributed by atoms with Crippen LogP contribution in [-0.2, 0) is 0 Å². The van der Waals surface area contributed by atoms with Crippen LogP contribution in [0.2, 0.25) is 10.0 Å². The molecular formula is C12H9Cl2N3O. The molecule has 2 aromatic rings. The molecule has 0 spiro atoms. The zero-order chi connectivity index (χ0) is 13.0. The third-order valence-electron chi connectivity index (χ3n) is 2.17. The highest BCUT2D eigenvalue weighted by molar-refractivity contribution is 6.36. The van der Waals surface area contributed by atoms with E-state index in [1.807, 2.05) is 12.1 Å². The number of nitrogens with one attached hydrogen (secondary N) is 2. The Morgan fingerprint density at radius 1 is 1.33 bits per heavy atom. The number of aromatic amines is 1. The quantitative estimate of drug-likeness (QED) is 0.659. The van der Waals surface area contributed by atoms with E-state index in [1.54, 1.807) is 18.3 Å². The summed E-state index contributed by atoms with van der Waals surface area (Å²) >= 11 is 11.6. The van der Waals surface area contributed by atoms with Crippen LogP contribution >= 0.6 is 23.2 Å². The van der Waals surface area contributed by atoms with Crippen LogP contribution in [0.3, 0.4) is 0 Å². The van der Waals surface area contributed by atoms with Gasteiger partial charge in [-0.15, -0.1) is 0 Å². The highest BCUT2D eigenvalue weighted by Crippen LogP contribution is 2.20. The van der Waals surface area contributed by atoms with Crippen LogP contribution < -0.4 is 5.43 Å². The molecule has 1 aromatic heterocycles. The molecule has 18 heavy (non-hydrogen) atoms. The highest BCUT2D eigenvalue weighted by atomic mass is 35.5. The van der Waals surface area contributed by atoms with Gasteiger partial charge in [0.05, 0.1) is 22.5 Å². The summed E-state index contributed by atoms with van der Waals surface area (Å²) in [6, 6.07) is 8.30. The van der Waals surface area contributed by atoms with Gasteiger partial charge in [-0.1, -0.05) is 23.2 Å². The van der Waals surface area contributed by atoms with Crippen LogP contribution in [0.5, 0.6) is 0 Å². The first kappa shape index (κ1) is 12.7. The number of hydrazone groups is 1. The van der Waals surface area contributed by atoms with E-state index in [9.17, 15) is 4.79 Å². The zero-order valence-electron chi connectivity index (χ0n) is 9.15. The fourth-order valence-electron chi connectivity index (χ4n) is 1.32. The van der Waals surface area contributed by atoms with Crippen molar-refractivity contribution in [2.75, 3.05) is 0 Å². The van der Waals surface area contributed by atoms with E-state index in [4.69, 9.17) is 23.2 Å². The molecule has 0 aliphatic carbocycles. The van der Waals surface area contributed by atoms with Crippen molar-refractivity contribution in [2.45, 2.75) is 0 Å². The molecule has 0 radical (unpaired) electrons. The first-order valence-electron chi connectivity index (χ1n) is 5.08. The Morgan fingerprint density at radius 2 is 2.17 bits per heavy atom. The molecule has 0 saturated heterocycles. The average Bonchev–Trinajstić information content (AvgIpc) is 2.81. The number of amides is 1. The largest absolute Gasteiger partial charge is 0.360 e. The maximum absolute atomic E-state index is 11.7. The van der Waals surface area contributed by atoms with E-state index < -0.39 is 0 Å². The third kappa shape index (κ3) is 3.12. The van der Waals surface area contributed by atoms with Crippen molar-refractivity contribution in [1.29, 1.82) is 0 Å². The van der Waals surface area contributed by atoms with Crippen molar-refractivity contribution >= 4 is 35.3 Å². The van der Waals surface area contributed by atoms with Gasteiger partial charge in [0.25, 0.3) is 5.91 Å². The Bertz CT molecular complexity index is 579. The molecule has 0 aliphatic heterocycles. The Kier molecular flexibility index (Phi) is 4.02. The minimum absolute atomic E-state index is 0.287. The molecule has 1 heterocycles. The molecule has 0 unspecified atom stereocenters. The number of halogens is 2. The number of carbonyl (C=O) groups excluding carboxylic acids is 1. The summed E-state index contributed by atoms with van der Waals surface area (Å²) in [5.41, 5.74) is 3.49. The Labute approximate surface area is 114 Å². The number of nitrogens with zero attached hydrogens (tertiary/aromatic N) is 1. The number of aromatic nitrogens is 1. The molecule has 2 rings (SSSR count). The third-order valence-corrected chi connectivity index (χ3v) is 2.72. The minimum atomic E-state index is -0.389. The summed E-state index contributed by atoms with van der Waals surface area (Å²) in [4.78, 5) is 14.7.